The van der Waals surface area contributed by atoms with Crippen molar-refractivity contribution < 1.29 is 18.4 Å². The Bertz CT molecular complexity index is 202. The van der Waals surface area contributed by atoms with Crippen molar-refractivity contribution in [1.29, 1.82) is 0 Å². The highest BCUT2D eigenvalue weighted by molar-refractivity contribution is 6.46. The molecule has 0 aromatic carbocycles. The van der Waals surface area contributed by atoms with E-state index in [0.29, 0.717) is 25.4 Å². The highest BCUT2D eigenvalue weighted by Gasteiger charge is 2.21. The summed E-state index contributed by atoms with van der Waals surface area (Å²) in [5.74, 6) is -0.377. The van der Waals surface area contributed by atoms with Crippen LogP contribution in [0.5, 0.6) is 0 Å². The minimum atomic E-state index is -1.62. The fourth-order valence-electron chi connectivity index (χ4n) is 1.25. The van der Waals surface area contributed by atoms with Gasteiger partial charge in [0.25, 0.3) is 0 Å². The quantitative estimate of drug-likeness (QED) is 0.353. The lowest BCUT2D eigenvalue weighted by molar-refractivity contribution is -0.137. The maximum atomic E-state index is 10.8. The summed E-state index contributed by atoms with van der Waals surface area (Å²) in [7, 11) is -1.62. The van der Waals surface area contributed by atoms with Crippen molar-refractivity contribution in [2.24, 2.45) is 0 Å². The number of hydrogen-bond donors (Lipinski definition) is 0. The van der Waals surface area contributed by atoms with E-state index < -0.39 is 9.28 Å². The second kappa shape index (κ2) is 9.56. The van der Waals surface area contributed by atoms with Crippen molar-refractivity contribution in [3.8, 4) is 0 Å². The zero-order valence-electron chi connectivity index (χ0n) is 10.4. The average molecular weight is 246 g/mol. The summed E-state index contributed by atoms with van der Waals surface area (Å²) in [4.78, 5) is 10.8. The lowest BCUT2D eigenvalue weighted by Gasteiger charge is -2.21. The highest BCUT2D eigenvalue weighted by Crippen LogP contribution is 2.16. The molecule has 5 heteroatoms. The van der Waals surface area contributed by atoms with Crippen molar-refractivity contribution >= 4 is 15.3 Å². The van der Waals surface area contributed by atoms with E-state index in [-0.39, 0.29) is 5.97 Å². The van der Waals surface area contributed by atoms with E-state index in [1.165, 1.54) is 6.08 Å². The Labute approximate surface area is 99.4 Å². The molecule has 0 rings (SSSR count). The number of carbonyl (C=O) groups is 1. The lowest BCUT2D eigenvalue weighted by Crippen LogP contribution is -2.28. The molecule has 0 aromatic heterocycles. The third-order valence-corrected chi connectivity index (χ3v) is 4.70. The largest absolute Gasteiger partial charge is 0.463 e. The highest BCUT2D eigenvalue weighted by atomic mass is 28.3. The van der Waals surface area contributed by atoms with E-state index in [1.54, 1.807) is 0 Å². The van der Waals surface area contributed by atoms with Crippen LogP contribution in [-0.4, -0.2) is 35.1 Å². The molecule has 1 unspecified atom stereocenters. The summed E-state index contributed by atoms with van der Waals surface area (Å²) < 4.78 is 16.1. The van der Waals surface area contributed by atoms with E-state index in [1.807, 2.05) is 13.8 Å². The SMILES string of the molecule is C=CC(=O)OCCC(C)[SiH](OCC)OCC. The van der Waals surface area contributed by atoms with Gasteiger partial charge in [-0.25, -0.2) is 4.79 Å². The van der Waals surface area contributed by atoms with Gasteiger partial charge in [-0.05, 0) is 20.3 Å². The predicted molar refractivity (Wildman–Crippen MR) is 65.6 cm³/mol. The Hall–Kier alpha value is -0.653. The zero-order valence-corrected chi connectivity index (χ0v) is 11.6. The third-order valence-electron chi connectivity index (χ3n) is 2.11. The van der Waals surface area contributed by atoms with Crippen LogP contribution in [0.3, 0.4) is 0 Å². The molecular weight excluding hydrogens is 224 g/mol. The van der Waals surface area contributed by atoms with Gasteiger partial charge in [0, 0.05) is 24.8 Å². The van der Waals surface area contributed by atoms with Gasteiger partial charge >= 0.3 is 15.3 Å². The van der Waals surface area contributed by atoms with E-state index >= 15 is 0 Å². The van der Waals surface area contributed by atoms with Gasteiger partial charge in [0.1, 0.15) is 0 Å². The lowest BCUT2D eigenvalue weighted by atomic mass is 10.3. The van der Waals surface area contributed by atoms with Crippen LogP contribution in [0.15, 0.2) is 12.7 Å². The molecule has 0 spiro atoms. The molecule has 0 aromatic rings. The Morgan fingerprint density at radius 1 is 1.38 bits per heavy atom. The smallest absolute Gasteiger partial charge is 0.330 e. The van der Waals surface area contributed by atoms with Crippen LogP contribution in [0, 0.1) is 0 Å². The summed E-state index contributed by atoms with van der Waals surface area (Å²) in [6, 6.07) is 0. The number of rotatable bonds is 9. The number of carbonyl (C=O) groups excluding carboxylic acids is 1. The summed E-state index contributed by atoms with van der Waals surface area (Å²) >= 11 is 0. The molecule has 0 fully saturated rings. The molecule has 16 heavy (non-hydrogen) atoms. The molecule has 0 amide bonds. The van der Waals surface area contributed by atoms with Crippen molar-refractivity contribution in [3.63, 3.8) is 0 Å². The molecule has 0 saturated heterocycles. The van der Waals surface area contributed by atoms with Crippen LogP contribution in [0.25, 0.3) is 0 Å². The summed E-state index contributed by atoms with van der Waals surface area (Å²) in [6.45, 7) is 11.1. The van der Waals surface area contributed by atoms with Crippen molar-refractivity contribution in [2.75, 3.05) is 19.8 Å². The first-order valence-electron chi connectivity index (χ1n) is 5.68. The van der Waals surface area contributed by atoms with Gasteiger partial charge in [0.05, 0.1) is 6.61 Å². The van der Waals surface area contributed by atoms with Crippen LogP contribution in [-0.2, 0) is 18.4 Å². The van der Waals surface area contributed by atoms with E-state index in [9.17, 15) is 4.79 Å². The van der Waals surface area contributed by atoms with Gasteiger partial charge in [-0.2, -0.15) is 0 Å². The minimum Gasteiger partial charge on any atom is -0.463 e. The van der Waals surface area contributed by atoms with Gasteiger partial charge in [-0.15, -0.1) is 0 Å². The third kappa shape index (κ3) is 6.76. The molecule has 0 N–H and O–H groups in total. The maximum Gasteiger partial charge on any atom is 0.330 e. The van der Waals surface area contributed by atoms with Gasteiger partial charge in [0.2, 0.25) is 0 Å². The Balaban J connectivity index is 3.85. The van der Waals surface area contributed by atoms with Gasteiger partial charge in [-0.3, -0.25) is 0 Å². The first kappa shape index (κ1) is 15.3. The molecular formula is C11H22O4Si. The van der Waals surface area contributed by atoms with Gasteiger partial charge in [0.15, 0.2) is 0 Å². The van der Waals surface area contributed by atoms with Crippen molar-refractivity contribution in [1.82, 2.24) is 0 Å². The monoisotopic (exact) mass is 246 g/mol. The van der Waals surface area contributed by atoms with Gasteiger partial charge < -0.3 is 13.6 Å². The van der Waals surface area contributed by atoms with E-state index in [2.05, 4.69) is 13.5 Å². The van der Waals surface area contributed by atoms with Crippen LogP contribution in [0.2, 0.25) is 5.54 Å². The summed E-state index contributed by atoms with van der Waals surface area (Å²) in [5, 5.41) is 0. The summed E-state index contributed by atoms with van der Waals surface area (Å²) in [6.07, 6.45) is 1.95. The molecule has 0 saturated carbocycles. The summed E-state index contributed by atoms with van der Waals surface area (Å²) in [5.41, 5.74) is 0.331. The molecule has 94 valence electrons. The first-order valence-corrected chi connectivity index (χ1v) is 7.29. The Morgan fingerprint density at radius 2 is 1.94 bits per heavy atom. The van der Waals surface area contributed by atoms with Crippen LogP contribution in [0.1, 0.15) is 27.2 Å². The van der Waals surface area contributed by atoms with Crippen molar-refractivity contribution in [3.05, 3.63) is 12.7 Å². The normalized spacial score (nSPS) is 12.5. The predicted octanol–water partition coefficient (Wildman–Crippen LogP) is 1.79. The molecule has 0 bridgehead atoms. The molecule has 1 atom stereocenters. The second-order valence-corrected chi connectivity index (χ2v) is 5.96. The zero-order chi connectivity index (χ0) is 12.4. The maximum absolute atomic E-state index is 10.8. The Morgan fingerprint density at radius 3 is 2.38 bits per heavy atom. The van der Waals surface area contributed by atoms with Crippen LogP contribution >= 0.6 is 0 Å². The Kier molecular flexibility index (Phi) is 9.17. The topological polar surface area (TPSA) is 44.8 Å². The average Bonchev–Trinajstić information content (AvgIpc) is 2.28. The number of ether oxygens (including phenoxy) is 1. The van der Waals surface area contributed by atoms with Crippen LogP contribution < -0.4 is 0 Å². The fourth-order valence-corrected chi connectivity index (χ4v) is 3.06. The van der Waals surface area contributed by atoms with Gasteiger partial charge in [-0.1, -0.05) is 13.5 Å². The second-order valence-electron chi connectivity index (χ2n) is 3.42. The van der Waals surface area contributed by atoms with E-state index in [4.69, 9.17) is 13.6 Å². The molecule has 4 nitrogen and oxygen atoms in total. The fraction of sp³-hybridized carbons (Fsp3) is 0.727. The molecule has 0 aliphatic carbocycles. The van der Waals surface area contributed by atoms with Crippen LogP contribution in [0.4, 0.5) is 0 Å². The first-order chi connectivity index (χ1) is 7.65. The minimum absolute atomic E-state index is 0.331. The van der Waals surface area contributed by atoms with E-state index in [0.717, 1.165) is 6.42 Å². The number of esters is 1. The standard InChI is InChI=1S/C11H22O4Si/c1-5-11(12)13-9-8-10(4)16(14-6-2)15-7-3/h5,10,16H,1,6-9H2,2-4H3. The molecule has 0 aliphatic rings. The molecule has 0 radical (unpaired) electrons. The number of hydrogen-bond acceptors (Lipinski definition) is 4. The van der Waals surface area contributed by atoms with Crippen molar-refractivity contribution in [2.45, 2.75) is 32.7 Å². The molecule has 0 heterocycles. The molecule has 0 aliphatic heterocycles.